The summed E-state index contributed by atoms with van der Waals surface area (Å²) in [7, 11) is 0. The summed E-state index contributed by atoms with van der Waals surface area (Å²) in [6.07, 6.45) is 5.54. The van der Waals surface area contributed by atoms with Crippen LogP contribution in [0.2, 0.25) is 0 Å². The summed E-state index contributed by atoms with van der Waals surface area (Å²) < 4.78 is 1.25. The Bertz CT molecular complexity index is 412. The third-order valence-corrected chi connectivity index (χ3v) is 6.06. The fourth-order valence-electron chi connectivity index (χ4n) is 3.33. The molecule has 1 spiro atoms. The zero-order valence-electron chi connectivity index (χ0n) is 10.9. The number of piperazine rings is 1. The Labute approximate surface area is 122 Å². The standard InChI is InChI=1S/C14H21BrN2S/c1-11-8-16-14(6-2-3-7-14)10-17(11)9-12-4-5-13(15)18-12/h4-5,11,16H,2-3,6-10H2,1H3. The molecule has 2 aliphatic rings. The molecule has 0 radical (unpaired) electrons. The number of halogens is 1. The minimum Gasteiger partial charge on any atom is -0.308 e. The van der Waals surface area contributed by atoms with Crippen molar-refractivity contribution in [1.29, 1.82) is 0 Å². The van der Waals surface area contributed by atoms with E-state index < -0.39 is 0 Å². The van der Waals surface area contributed by atoms with Crippen LogP contribution < -0.4 is 5.32 Å². The van der Waals surface area contributed by atoms with Crippen LogP contribution in [0.5, 0.6) is 0 Å². The SMILES string of the molecule is CC1CNC2(CCCC2)CN1Cc1ccc(Br)s1. The van der Waals surface area contributed by atoms with Gasteiger partial charge in [-0.2, -0.15) is 0 Å². The van der Waals surface area contributed by atoms with Crippen molar-refractivity contribution in [2.75, 3.05) is 13.1 Å². The van der Waals surface area contributed by atoms with Crippen molar-refractivity contribution in [3.8, 4) is 0 Å². The third-order valence-electron chi connectivity index (χ3n) is 4.45. The van der Waals surface area contributed by atoms with Gasteiger partial charge in [0.25, 0.3) is 0 Å². The predicted octanol–water partition coefficient (Wildman–Crippen LogP) is 3.62. The van der Waals surface area contributed by atoms with Crippen LogP contribution in [0.25, 0.3) is 0 Å². The lowest BCUT2D eigenvalue weighted by molar-refractivity contribution is 0.0836. The first kappa shape index (κ1) is 13.1. The third kappa shape index (κ3) is 2.67. The van der Waals surface area contributed by atoms with E-state index in [2.05, 4.69) is 45.2 Å². The molecule has 18 heavy (non-hydrogen) atoms. The van der Waals surface area contributed by atoms with Gasteiger partial charge in [0.1, 0.15) is 0 Å². The largest absolute Gasteiger partial charge is 0.308 e. The Balaban J connectivity index is 1.69. The molecule has 1 saturated heterocycles. The van der Waals surface area contributed by atoms with E-state index in [0.29, 0.717) is 11.6 Å². The van der Waals surface area contributed by atoms with Crippen LogP contribution in [0.15, 0.2) is 15.9 Å². The van der Waals surface area contributed by atoms with Gasteiger partial charge in [-0.25, -0.2) is 0 Å². The van der Waals surface area contributed by atoms with E-state index in [0.717, 1.165) is 13.1 Å². The Morgan fingerprint density at radius 3 is 2.89 bits per heavy atom. The highest BCUT2D eigenvalue weighted by molar-refractivity contribution is 9.11. The van der Waals surface area contributed by atoms with Gasteiger partial charge in [0, 0.05) is 36.1 Å². The van der Waals surface area contributed by atoms with Crippen LogP contribution in [-0.2, 0) is 6.54 Å². The maximum atomic E-state index is 3.82. The van der Waals surface area contributed by atoms with Crippen molar-refractivity contribution in [1.82, 2.24) is 10.2 Å². The van der Waals surface area contributed by atoms with Crippen LogP contribution in [0.3, 0.4) is 0 Å². The lowest BCUT2D eigenvalue weighted by Crippen LogP contribution is -2.61. The van der Waals surface area contributed by atoms with Crippen molar-refractivity contribution >= 4 is 27.3 Å². The predicted molar refractivity (Wildman–Crippen MR) is 81.1 cm³/mol. The Morgan fingerprint density at radius 1 is 1.44 bits per heavy atom. The van der Waals surface area contributed by atoms with Gasteiger partial charge in [-0.05, 0) is 47.8 Å². The highest BCUT2D eigenvalue weighted by Crippen LogP contribution is 2.34. The van der Waals surface area contributed by atoms with Crippen molar-refractivity contribution in [2.24, 2.45) is 0 Å². The molecule has 1 aliphatic heterocycles. The minimum absolute atomic E-state index is 0.432. The summed E-state index contributed by atoms with van der Waals surface area (Å²) in [5.74, 6) is 0. The van der Waals surface area contributed by atoms with Crippen LogP contribution in [0.1, 0.15) is 37.5 Å². The number of hydrogen-bond donors (Lipinski definition) is 1. The lowest BCUT2D eigenvalue weighted by Gasteiger charge is -2.45. The second-order valence-electron chi connectivity index (χ2n) is 5.83. The fourth-order valence-corrected chi connectivity index (χ4v) is 4.84. The zero-order chi connectivity index (χ0) is 12.6. The van der Waals surface area contributed by atoms with Crippen molar-refractivity contribution in [3.05, 3.63) is 20.8 Å². The summed E-state index contributed by atoms with van der Waals surface area (Å²) in [6, 6.07) is 5.07. The van der Waals surface area contributed by atoms with Crippen molar-refractivity contribution in [3.63, 3.8) is 0 Å². The molecule has 1 unspecified atom stereocenters. The second-order valence-corrected chi connectivity index (χ2v) is 8.38. The first-order chi connectivity index (χ1) is 8.67. The van der Waals surface area contributed by atoms with E-state index in [9.17, 15) is 0 Å². The van der Waals surface area contributed by atoms with Gasteiger partial charge in [0.05, 0.1) is 3.79 Å². The maximum absolute atomic E-state index is 3.82. The number of hydrogen-bond acceptors (Lipinski definition) is 3. The van der Waals surface area contributed by atoms with E-state index in [1.54, 1.807) is 0 Å². The first-order valence-electron chi connectivity index (χ1n) is 6.90. The Morgan fingerprint density at radius 2 is 2.22 bits per heavy atom. The molecule has 2 nitrogen and oxygen atoms in total. The monoisotopic (exact) mass is 328 g/mol. The molecule has 1 aromatic rings. The summed E-state index contributed by atoms with van der Waals surface area (Å²) in [4.78, 5) is 4.14. The number of thiophene rings is 1. The average molecular weight is 329 g/mol. The van der Waals surface area contributed by atoms with E-state index in [-0.39, 0.29) is 0 Å². The topological polar surface area (TPSA) is 15.3 Å². The second kappa shape index (κ2) is 5.23. The normalized spacial score (nSPS) is 28.0. The molecule has 0 amide bonds. The molecule has 1 aromatic heterocycles. The van der Waals surface area contributed by atoms with Gasteiger partial charge in [-0.1, -0.05) is 12.8 Å². The molecule has 100 valence electrons. The molecule has 1 aliphatic carbocycles. The number of rotatable bonds is 2. The van der Waals surface area contributed by atoms with E-state index >= 15 is 0 Å². The molecule has 0 aromatic carbocycles. The molecule has 1 saturated carbocycles. The molecule has 1 N–H and O–H groups in total. The molecule has 1 atom stereocenters. The Hall–Kier alpha value is 0.1000. The molecular weight excluding hydrogens is 308 g/mol. The van der Waals surface area contributed by atoms with Crippen molar-refractivity contribution in [2.45, 2.75) is 50.7 Å². The summed E-state index contributed by atoms with van der Waals surface area (Å²) in [6.45, 7) is 5.83. The summed E-state index contributed by atoms with van der Waals surface area (Å²) >= 11 is 5.43. The van der Waals surface area contributed by atoms with Crippen molar-refractivity contribution < 1.29 is 0 Å². The van der Waals surface area contributed by atoms with E-state index in [1.165, 1.54) is 40.9 Å². The molecule has 4 heteroatoms. The summed E-state index contributed by atoms with van der Waals surface area (Å²) in [5.41, 5.74) is 0.432. The first-order valence-corrected chi connectivity index (χ1v) is 8.51. The van der Waals surface area contributed by atoms with Gasteiger partial charge >= 0.3 is 0 Å². The molecule has 3 rings (SSSR count). The quantitative estimate of drug-likeness (QED) is 0.892. The van der Waals surface area contributed by atoms with E-state index in [4.69, 9.17) is 0 Å². The molecular formula is C14H21BrN2S. The number of nitrogens with zero attached hydrogens (tertiary/aromatic N) is 1. The zero-order valence-corrected chi connectivity index (χ0v) is 13.3. The molecule has 2 fully saturated rings. The summed E-state index contributed by atoms with van der Waals surface area (Å²) in [5, 5.41) is 3.82. The smallest absolute Gasteiger partial charge is 0.0701 e. The minimum atomic E-state index is 0.432. The lowest BCUT2D eigenvalue weighted by atomic mass is 9.92. The van der Waals surface area contributed by atoms with Crippen LogP contribution in [-0.4, -0.2) is 29.6 Å². The van der Waals surface area contributed by atoms with E-state index in [1.807, 2.05) is 11.3 Å². The number of nitrogens with one attached hydrogen (secondary N) is 1. The van der Waals surface area contributed by atoms with Crippen LogP contribution in [0, 0.1) is 0 Å². The highest BCUT2D eigenvalue weighted by Gasteiger charge is 2.39. The average Bonchev–Trinajstić information content (AvgIpc) is 2.95. The van der Waals surface area contributed by atoms with Gasteiger partial charge in [-0.15, -0.1) is 11.3 Å². The maximum Gasteiger partial charge on any atom is 0.0701 e. The van der Waals surface area contributed by atoms with Gasteiger partial charge in [-0.3, -0.25) is 4.90 Å². The van der Waals surface area contributed by atoms with Gasteiger partial charge in [0.2, 0.25) is 0 Å². The van der Waals surface area contributed by atoms with Crippen LogP contribution in [0.4, 0.5) is 0 Å². The molecule has 0 bridgehead atoms. The molecule has 2 heterocycles. The van der Waals surface area contributed by atoms with Gasteiger partial charge < -0.3 is 5.32 Å². The Kier molecular flexibility index (Phi) is 3.81. The van der Waals surface area contributed by atoms with Crippen LogP contribution >= 0.6 is 27.3 Å². The highest BCUT2D eigenvalue weighted by atomic mass is 79.9. The van der Waals surface area contributed by atoms with Gasteiger partial charge in [0.15, 0.2) is 0 Å². The fraction of sp³-hybridized carbons (Fsp3) is 0.714.